The van der Waals surface area contributed by atoms with E-state index >= 15 is 0 Å². The first-order chi connectivity index (χ1) is 19.6. The van der Waals surface area contributed by atoms with Crippen LogP contribution < -0.4 is 15.6 Å². The molecule has 1 heterocycles. The molecule has 41 heavy (non-hydrogen) atoms. The molecule has 0 radical (unpaired) electrons. The zero-order valence-electron chi connectivity index (χ0n) is 21.4. The number of amides is 1. The van der Waals surface area contributed by atoms with E-state index in [4.69, 9.17) is 21.4 Å². The number of Topliss-reactive ketones (excluding diaryl/α,β-unsaturated/α-hetero) is 1. The summed E-state index contributed by atoms with van der Waals surface area (Å²) in [6.07, 6.45) is -3.28. The van der Waals surface area contributed by atoms with Gasteiger partial charge >= 0.3 is 12.4 Å². The van der Waals surface area contributed by atoms with Gasteiger partial charge in [-0.15, -0.1) is 5.10 Å². The summed E-state index contributed by atoms with van der Waals surface area (Å²) in [6, 6.07) is 17.7. The molecule has 0 spiro atoms. The minimum absolute atomic E-state index is 0.0211. The monoisotopic (exact) mass is 581 g/mol. The number of alkyl halides is 2. The summed E-state index contributed by atoms with van der Waals surface area (Å²) in [5.74, 6) is -3.46. The number of carbonyl (C=O) groups excluding carboxylic acids is 2. The summed E-state index contributed by atoms with van der Waals surface area (Å²) < 4.78 is 32.9. The van der Waals surface area contributed by atoms with Crippen molar-refractivity contribution < 1.29 is 33.0 Å². The smallest absolute Gasteiger partial charge is 0.335 e. The van der Waals surface area contributed by atoms with E-state index in [0.29, 0.717) is 5.56 Å². The molecule has 1 aromatic heterocycles. The molecule has 210 valence electrons. The van der Waals surface area contributed by atoms with Gasteiger partial charge in [-0.25, -0.2) is 18.3 Å². The van der Waals surface area contributed by atoms with Gasteiger partial charge in [-0.05, 0) is 53.6 Å². The number of halogens is 3. The van der Waals surface area contributed by atoms with E-state index in [0.717, 1.165) is 16.8 Å². The third kappa shape index (κ3) is 6.64. The molecule has 0 aliphatic heterocycles. The second-order valence-corrected chi connectivity index (χ2v) is 9.22. The van der Waals surface area contributed by atoms with Crippen LogP contribution in [-0.2, 0) is 11.2 Å². The minimum atomic E-state index is -3.31. The van der Waals surface area contributed by atoms with Crippen LogP contribution in [0.3, 0.4) is 0 Å². The van der Waals surface area contributed by atoms with E-state index < -0.39 is 35.7 Å². The van der Waals surface area contributed by atoms with Crippen molar-refractivity contribution in [3.63, 3.8) is 0 Å². The van der Waals surface area contributed by atoms with Gasteiger partial charge in [0, 0.05) is 28.8 Å². The molecule has 0 bridgehead atoms. The largest absolute Gasteiger partial charge is 0.480 e. The quantitative estimate of drug-likeness (QED) is 0.248. The third-order valence-electron chi connectivity index (χ3n) is 6.12. The van der Waals surface area contributed by atoms with Crippen LogP contribution in [0.15, 0.2) is 83.7 Å². The first-order valence-corrected chi connectivity index (χ1v) is 12.4. The summed E-state index contributed by atoms with van der Waals surface area (Å²) in [4.78, 5) is 50.3. The highest BCUT2D eigenvalue weighted by atomic mass is 35.5. The molecule has 1 atom stereocenters. The lowest BCUT2D eigenvalue weighted by atomic mass is 9.98. The zero-order valence-corrected chi connectivity index (χ0v) is 22.1. The van der Waals surface area contributed by atoms with Crippen molar-refractivity contribution in [2.45, 2.75) is 18.9 Å². The van der Waals surface area contributed by atoms with Crippen molar-refractivity contribution in [2.75, 3.05) is 12.4 Å². The number of aromatic carboxylic acids is 1. The van der Waals surface area contributed by atoms with E-state index in [1.54, 1.807) is 30.3 Å². The van der Waals surface area contributed by atoms with Crippen LogP contribution in [0.25, 0.3) is 11.1 Å². The number of aromatic nitrogens is 2. The number of benzene rings is 3. The molecule has 0 saturated carbocycles. The van der Waals surface area contributed by atoms with Crippen molar-refractivity contribution in [1.82, 2.24) is 9.78 Å². The fourth-order valence-electron chi connectivity index (χ4n) is 4.14. The fraction of sp³-hybridized carbons (Fsp3) is 0.138. The summed E-state index contributed by atoms with van der Waals surface area (Å²) in [6.45, 7) is 0. The topological polar surface area (TPSA) is 128 Å². The molecule has 1 amide bonds. The Morgan fingerprint density at radius 1 is 1.00 bits per heavy atom. The summed E-state index contributed by atoms with van der Waals surface area (Å²) >= 11 is 6.08. The van der Waals surface area contributed by atoms with E-state index in [2.05, 4.69) is 10.4 Å². The van der Waals surface area contributed by atoms with Crippen LogP contribution in [0.5, 0.6) is 5.88 Å². The number of nitrogens with one attached hydrogen (secondary N) is 1. The predicted molar refractivity (Wildman–Crippen MR) is 147 cm³/mol. The van der Waals surface area contributed by atoms with Gasteiger partial charge < -0.3 is 15.2 Å². The number of carboxylic acids is 1. The SMILES string of the molecule is COc1nn(C(Cc2ccccc2)C(=O)Nc2ccc(C(=O)O)cc2)c(=O)cc1-c1cc(Cl)ccc1C(=O)C(F)F. The second-order valence-electron chi connectivity index (χ2n) is 8.78. The van der Waals surface area contributed by atoms with Gasteiger partial charge in [-0.2, -0.15) is 0 Å². The standard InChI is InChI=1S/C29H22ClF2N3O6/c1-41-28-22(21-14-18(30)9-12-20(21)25(37)26(31)32)15-24(36)35(34-28)23(13-16-5-3-2-4-6-16)27(38)33-19-10-7-17(8-11-19)29(39)40/h2-12,14-15,23,26H,13H2,1H3,(H,33,38)(H,39,40). The number of nitrogens with zero attached hydrogens (tertiary/aromatic N) is 2. The fourth-order valence-corrected chi connectivity index (χ4v) is 4.31. The average molecular weight is 582 g/mol. The van der Waals surface area contributed by atoms with Gasteiger partial charge in [-0.1, -0.05) is 41.9 Å². The van der Waals surface area contributed by atoms with Crippen molar-refractivity contribution in [1.29, 1.82) is 0 Å². The maximum atomic E-state index is 13.5. The van der Waals surface area contributed by atoms with Gasteiger partial charge in [0.1, 0.15) is 6.04 Å². The first kappa shape index (κ1) is 29.1. The molecule has 4 rings (SSSR count). The zero-order chi connectivity index (χ0) is 29.7. The molecular formula is C29H22ClF2N3O6. The van der Waals surface area contributed by atoms with Gasteiger partial charge in [0.15, 0.2) is 0 Å². The number of carbonyl (C=O) groups is 3. The lowest BCUT2D eigenvalue weighted by Gasteiger charge is -2.20. The molecule has 4 aromatic rings. The number of anilines is 1. The van der Waals surface area contributed by atoms with Crippen LogP contribution in [0.2, 0.25) is 5.02 Å². The van der Waals surface area contributed by atoms with E-state index in [9.17, 15) is 28.0 Å². The van der Waals surface area contributed by atoms with E-state index in [-0.39, 0.29) is 45.3 Å². The highest BCUT2D eigenvalue weighted by Crippen LogP contribution is 2.33. The lowest BCUT2D eigenvalue weighted by Crippen LogP contribution is -2.36. The van der Waals surface area contributed by atoms with E-state index in [1.165, 1.54) is 43.5 Å². The molecule has 3 aromatic carbocycles. The molecule has 0 aliphatic carbocycles. The van der Waals surface area contributed by atoms with Gasteiger partial charge in [0.2, 0.25) is 17.6 Å². The number of hydrogen-bond acceptors (Lipinski definition) is 6. The minimum Gasteiger partial charge on any atom is -0.480 e. The molecular weight excluding hydrogens is 560 g/mol. The van der Waals surface area contributed by atoms with Gasteiger partial charge in [0.05, 0.1) is 18.2 Å². The molecule has 0 saturated heterocycles. The normalized spacial score (nSPS) is 11.6. The Morgan fingerprint density at radius 2 is 1.68 bits per heavy atom. The number of hydrogen-bond donors (Lipinski definition) is 2. The summed E-state index contributed by atoms with van der Waals surface area (Å²) in [7, 11) is 1.23. The Bertz CT molecular complexity index is 1660. The number of carboxylic acid groups (broad SMARTS) is 1. The molecule has 0 aliphatic rings. The van der Waals surface area contributed by atoms with Crippen LogP contribution in [-0.4, -0.2) is 46.1 Å². The Hall–Kier alpha value is -4.90. The van der Waals surface area contributed by atoms with Crippen molar-refractivity contribution in [3.8, 4) is 17.0 Å². The molecule has 2 N–H and O–H groups in total. The van der Waals surface area contributed by atoms with Gasteiger partial charge in [0.25, 0.3) is 5.56 Å². The van der Waals surface area contributed by atoms with Crippen molar-refractivity contribution in [3.05, 3.63) is 111 Å². The van der Waals surface area contributed by atoms with Gasteiger partial charge in [-0.3, -0.25) is 14.4 Å². The van der Waals surface area contributed by atoms with Crippen molar-refractivity contribution in [2.24, 2.45) is 0 Å². The molecule has 9 nitrogen and oxygen atoms in total. The van der Waals surface area contributed by atoms with Crippen LogP contribution in [0.1, 0.15) is 32.3 Å². The highest BCUT2D eigenvalue weighted by molar-refractivity contribution is 6.31. The molecule has 0 fully saturated rings. The number of methoxy groups -OCH3 is 1. The number of ketones is 1. The Kier molecular flexibility index (Phi) is 8.88. The van der Waals surface area contributed by atoms with Crippen LogP contribution in [0, 0.1) is 0 Å². The summed E-state index contributed by atoms with van der Waals surface area (Å²) in [5.41, 5.74) is -0.317. The predicted octanol–water partition coefficient (Wildman–Crippen LogP) is 5.14. The number of ether oxygens (including phenoxy) is 1. The Labute approximate surface area is 237 Å². The second kappa shape index (κ2) is 12.5. The van der Waals surface area contributed by atoms with Crippen LogP contribution in [0.4, 0.5) is 14.5 Å². The van der Waals surface area contributed by atoms with Crippen LogP contribution >= 0.6 is 11.6 Å². The highest BCUT2D eigenvalue weighted by Gasteiger charge is 2.28. The first-order valence-electron chi connectivity index (χ1n) is 12.1. The lowest BCUT2D eigenvalue weighted by molar-refractivity contribution is -0.119. The number of rotatable bonds is 10. The summed E-state index contributed by atoms with van der Waals surface area (Å²) in [5, 5.41) is 16.1. The molecule has 1 unspecified atom stereocenters. The molecule has 12 heteroatoms. The maximum Gasteiger partial charge on any atom is 0.335 e. The Balaban J connectivity index is 1.80. The van der Waals surface area contributed by atoms with E-state index in [1.807, 2.05) is 0 Å². The van der Waals surface area contributed by atoms with Crippen molar-refractivity contribution >= 4 is 34.9 Å². The Morgan fingerprint density at radius 3 is 2.29 bits per heavy atom. The third-order valence-corrected chi connectivity index (χ3v) is 6.36. The maximum absolute atomic E-state index is 13.5. The average Bonchev–Trinajstić information content (AvgIpc) is 2.96.